The van der Waals surface area contributed by atoms with Gasteiger partial charge < -0.3 is 4.40 Å². The highest BCUT2D eigenvalue weighted by atomic mass is 79.9. The van der Waals surface area contributed by atoms with Crippen molar-refractivity contribution in [1.82, 2.24) is 4.40 Å². The quantitative estimate of drug-likeness (QED) is 0.203. The zero-order valence-electron chi connectivity index (χ0n) is 21.3. The smallest absolute Gasteiger partial charge is 0.0620 e. The van der Waals surface area contributed by atoms with Gasteiger partial charge >= 0.3 is 0 Å². The first kappa shape index (κ1) is 21.4. The zero-order valence-corrected chi connectivity index (χ0v) is 22.8. The molecule has 1 aliphatic carbocycles. The lowest BCUT2D eigenvalue weighted by atomic mass is 9.59. The maximum absolute atomic E-state index is 4.00. The van der Waals surface area contributed by atoms with Crippen LogP contribution in [0.2, 0.25) is 0 Å². The Hall–Kier alpha value is -2.84. The number of halogens is 1. The Balaban J connectivity index is 1.60. The average molecular weight is 521 g/mol. The monoisotopic (exact) mass is 519 g/mol. The van der Waals surface area contributed by atoms with Crippen LogP contribution < -0.4 is 0 Å². The second kappa shape index (κ2) is 6.48. The summed E-state index contributed by atoms with van der Waals surface area (Å²) in [5.74, 6) is 0. The van der Waals surface area contributed by atoms with E-state index in [1.54, 1.807) is 0 Å². The molecule has 0 saturated heterocycles. The van der Waals surface area contributed by atoms with E-state index in [1.165, 1.54) is 64.8 Å². The number of nitrogens with zero attached hydrogens (tertiary/aromatic N) is 1. The Morgan fingerprint density at radius 3 is 1.63 bits per heavy atom. The standard InChI is InChI=1S/C33H30BrN/c1-31(2)25-17-22(27(34)18-26(25)32(3,4)33(31,5)6)19-15-23-20-11-7-9-13-28(20)35-29-14-10-8-12-21(29)24(16-19)30(23)35/h7-18H,1-6H3. The second-order valence-corrected chi connectivity index (χ2v) is 12.9. The van der Waals surface area contributed by atoms with Gasteiger partial charge in [-0.15, -0.1) is 0 Å². The molecule has 4 aromatic carbocycles. The number of benzene rings is 4. The lowest BCUT2D eigenvalue weighted by molar-refractivity contribution is 0.125. The average Bonchev–Trinajstić information content (AvgIpc) is 3.37. The first-order valence-corrected chi connectivity index (χ1v) is 13.4. The molecule has 2 heterocycles. The first-order valence-electron chi connectivity index (χ1n) is 12.6. The summed E-state index contributed by atoms with van der Waals surface area (Å²) < 4.78 is 3.63. The fourth-order valence-corrected chi connectivity index (χ4v) is 7.46. The Labute approximate surface area is 215 Å². The van der Waals surface area contributed by atoms with Gasteiger partial charge in [-0.05, 0) is 74.9 Å². The Morgan fingerprint density at radius 2 is 1.09 bits per heavy atom. The van der Waals surface area contributed by atoms with E-state index in [-0.39, 0.29) is 16.2 Å². The molecule has 1 nitrogen and oxygen atoms in total. The highest BCUT2D eigenvalue weighted by Crippen LogP contribution is 2.62. The molecule has 6 aromatic rings. The van der Waals surface area contributed by atoms with Gasteiger partial charge in [0, 0.05) is 26.0 Å². The van der Waals surface area contributed by atoms with Crippen molar-refractivity contribution >= 4 is 54.0 Å². The van der Waals surface area contributed by atoms with Gasteiger partial charge in [-0.25, -0.2) is 0 Å². The summed E-state index contributed by atoms with van der Waals surface area (Å²) in [6.07, 6.45) is 0. The number of para-hydroxylation sites is 2. The van der Waals surface area contributed by atoms with Gasteiger partial charge in [-0.3, -0.25) is 0 Å². The van der Waals surface area contributed by atoms with Crippen LogP contribution in [0.25, 0.3) is 49.2 Å². The lowest BCUT2D eigenvalue weighted by Crippen LogP contribution is -2.42. The fourth-order valence-electron chi connectivity index (χ4n) is 6.89. The molecule has 0 atom stereocenters. The summed E-state index contributed by atoms with van der Waals surface area (Å²) >= 11 is 4.00. The third kappa shape index (κ3) is 2.40. The predicted octanol–water partition coefficient (Wildman–Crippen LogP) is 9.86. The number of fused-ring (bicyclic) bond motifs is 7. The maximum atomic E-state index is 4.00. The molecule has 0 saturated carbocycles. The van der Waals surface area contributed by atoms with Crippen LogP contribution >= 0.6 is 15.9 Å². The third-order valence-corrected chi connectivity index (χ3v) is 10.7. The molecule has 1 aliphatic rings. The summed E-state index contributed by atoms with van der Waals surface area (Å²) in [6.45, 7) is 14.5. The largest absolute Gasteiger partial charge is 0.308 e. The van der Waals surface area contributed by atoms with Crippen LogP contribution in [0.15, 0.2) is 77.3 Å². The zero-order chi connectivity index (χ0) is 24.5. The molecule has 2 heteroatoms. The van der Waals surface area contributed by atoms with E-state index >= 15 is 0 Å². The molecule has 0 unspecified atom stereocenters. The molecule has 0 aliphatic heterocycles. The SMILES string of the molecule is CC1(C)c2cc(Br)c(-c3cc4c5ccccc5n5c6ccccc6c(c3)c45)cc2C(C)(C)C1(C)C. The fraction of sp³-hybridized carbons (Fsp3) is 0.273. The van der Waals surface area contributed by atoms with Crippen LogP contribution in [0, 0.1) is 5.41 Å². The van der Waals surface area contributed by atoms with Crippen LogP contribution in [-0.2, 0) is 10.8 Å². The van der Waals surface area contributed by atoms with E-state index in [1.807, 2.05) is 0 Å². The summed E-state index contributed by atoms with van der Waals surface area (Å²) in [5.41, 5.74) is 9.71. The highest BCUT2D eigenvalue weighted by molar-refractivity contribution is 9.10. The van der Waals surface area contributed by atoms with E-state index in [9.17, 15) is 0 Å². The minimum absolute atomic E-state index is 0.0742. The van der Waals surface area contributed by atoms with Gasteiger partial charge in [-0.2, -0.15) is 0 Å². The Kier molecular flexibility index (Phi) is 3.97. The van der Waals surface area contributed by atoms with Gasteiger partial charge in [0.15, 0.2) is 0 Å². The van der Waals surface area contributed by atoms with E-state index in [0.29, 0.717) is 0 Å². The lowest BCUT2D eigenvalue weighted by Gasteiger charge is -2.44. The first-order chi connectivity index (χ1) is 16.6. The molecule has 174 valence electrons. The minimum Gasteiger partial charge on any atom is -0.308 e. The summed E-state index contributed by atoms with van der Waals surface area (Å²) in [6, 6.07) is 27.3. The van der Waals surface area contributed by atoms with Crippen molar-refractivity contribution in [3.63, 3.8) is 0 Å². The Bertz CT molecular complexity index is 1750. The van der Waals surface area contributed by atoms with E-state index in [4.69, 9.17) is 0 Å². The van der Waals surface area contributed by atoms with Crippen LogP contribution in [0.4, 0.5) is 0 Å². The molecule has 0 bridgehead atoms. The van der Waals surface area contributed by atoms with Crippen LogP contribution in [0.5, 0.6) is 0 Å². The van der Waals surface area contributed by atoms with Gasteiger partial charge in [0.2, 0.25) is 0 Å². The molecule has 0 spiro atoms. The molecule has 2 aromatic heterocycles. The van der Waals surface area contributed by atoms with E-state index in [2.05, 4.69) is 135 Å². The minimum atomic E-state index is 0.0742. The van der Waals surface area contributed by atoms with Gasteiger partial charge in [0.1, 0.15) is 0 Å². The Morgan fingerprint density at radius 1 is 0.600 bits per heavy atom. The van der Waals surface area contributed by atoms with Crippen molar-refractivity contribution in [2.75, 3.05) is 0 Å². The molecular formula is C33H30BrN. The summed E-state index contributed by atoms with van der Waals surface area (Å²) in [7, 11) is 0. The van der Waals surface area contributed by atoms with Crippen molar-refractivity contribution < 1.29 is 0 Å². The third-order valence-electron chi connectivity index (χ3n) is 10.1. The molecule has 0 N–H and O–H groups in total. The van der Waals surface area contributed by atoms with Crippen molar-refractivity contribution in [3.05, 3.63) is 88.4 Å². The normalized spacial score (nSPS) is 18.3. The molecule has 35 heavy (non-hydrogen) atoms. The van der Waals surface area contributed by atoms with Crippen LogP contribution in [-0.4, -0.2) is 4.40 Å². The molecular weight excluding hydrogens is 490 g/mol. The summed E-state index contributed by atoms with van der Waals surface area (Å²) in [4.78, 5) is 0. The van der Waals surface area contributed by atoms with Crippen molar-refractivity contribution in [3.8, 4) is 11.1 Å². The number of hydrogen-bond donors (Lipinski definition) is 0. The molecule has 0 fully saturated rings. The highest BCUT2D eigenvalue weighted by Gasteiger charge is 2.56. The summed E-state index contributed by atoms with van der Waals surface area (Å²) in [5, 5.41) is 5.30. The molecule has 7 rings (SSSR count). The topological polar surface area (TPSA) is 4.41 Å². The van der Waals surface area contributed by atoms with E-state index < -0.39 is 0 Å². The van der Waals surface area contributed by atoms with Crippen molar-refractivity contribution in [2.45, 2.75) is 52.4 Å². The van der Waals surface area contributed by atoms with Crippen molar-refractivity contribution in [2.24, 2.45) is 5.41 Å². The number of aromatic nitrogens is 1. The second-order valence-electron chi connectivity index (χ2n) is 12.0. The maximum Gasteiger partial charge on any atom is 0.0620 e. The van der Waals surface area contributed by atoms with E-state index in [0.717, 1.165) is 0 Å². The molecule has 0 amide bonds. The van der Waals surface area contributed by atoms with Crippen LogP contribution in [0.3, 0.4) is 0 Å². The van der Waals surface area contributed by atoms with Crippen LogP contribution in [0.1, 0.15) is 52.7 Å². The predicted molar refractivity (Wildman–Crippen MR) is 154 cm³/mol. The number of rotatable bonds is 1. The van der Waals surface area contributed by atoms with Gasteiger partial charge in [0.05, 0.1) is 16.6 Å². The number of hydrogen-bond acceptors (Lipinski definition) is 0. The van der Waals surface area contributed by atoms with Crippen molar-refractivity contribution in [1.29, 1.82) is 0 Å². The van der Waals surface area contributed by atoms with Gasteiger partial charge in [-0.1, -0.05) is 93.9 Å². The molecule has 0 radical (unpaired) electrons. The van der Waals surface area contributed by atoms with Gasteiger partial charge in [0.25, 0.3) is 0 Å².